The van der Waals surface area contributed by atoms with E-state index >= 15 is 0 Å². The molecule has 5 nitrogen and oxygen atoms in total. The number of aromatic nitrogens is 2. The summed E-state index contributed by atoms with van der Waals surface area (Å²) in [5.74, 6) is 1.21. The Morgan fingerprint density at radius 3 is 2.40 bits per heavy atom. The zero-order valence-corrected chi connectivity index (χ0v) is 12.2. The molecule has 0 amide bonds. The highest BCUT2D eigenvalue weighted by molar-refractivity contribution is 5.46. The Hall–Kier alpha value is -2.30. The van der Waals surface area contributed by atoms with E-state index in [4.69, 9.17) is 9.47 Å². The smallest absolute Gasteiger partial charge is 0.325 e. The first-order valence-electron chi connectivity index (χ1n) is 6.55. The molecule has 0 aliphatic heterocycles. The van der Waals surface area contributed by atoms with Crippen LogP contribution in [-0.4, -0.2) is 23.1 Å². The van der Waals surface area contributed by atoms with Crippen LogP contribution >= 0.6 is 0 Å². The summed E-state index contributed by atoms with van der Waals surface area (Å²) < 4.78 is 11.2. The molecule has 5 heteroatoms. The first kappa shape index (κ1) is 14.1. The van der Waals surface area contributed by atoms with Crippen LogP contribution in [0.1, 0.15) is 19.5 Å². The maximum absolute atomic E-state index is 5.65. The molecule has 1 N–H and O–H groups in total. The summed E-state index contributed by atoms with van der Waals surface area (Å²) in [6, 6.07) is 9.66. The standard InChI is InChI=1S/C15H19N3O2/c1-10(2)19-14-9-11(3)17-15(18-14)20-13-7-5-12(16-4)6-8-13/h5-10,16H,1-4H3. The number of anilines is 1. The molecule has 0 fully saturated rings. The monoisotopic (exact) mass is 273 g/mol. The predicted molar refractivity (Wildman–Crippen MR) is 78.6 cm³/mol. The molecule has 0 atom stereocenters. The highest BCUT2D eigenvalue weighted by Crippen LogP contribution is 2.22. The number of hydrogen-bond acceptors (Lipinski definition) is 5. The Bertz CT molecular complexity index is 568. The number of ether oxygens (including phenoxy) is 2. The van der Waals surface area contributed by atoms with Gasteiger partial charge in [0.25, 0.3) is 0 Å². The van der Waals surface area contributed by atoms with Gasteiger partial charge in [-0.3, -0.25) is 0 Å². The minimum Gasteiger partial charge on any atom is -0.475 e. The van der Waals surface area contributed by atoms with Crippen LogP contribution < -0.4 is 14.8 Å². The Morgan fingerprint density at radius 1 is 1.10 bits per heavy atom. The molecule has 106 valence electrons. The number of aryl methyl sites for hydroxylation is 1. The van der Waals surface area contributed by atoms with Crippen LogP contribution in [0.15, 0.2) is 30.3 Å². The molecular weight excluding hydrogens is 254 g/mol. The van der Waals surface area contributed by atoms with Crippen molar-refractivity contribution in [1.29, 1.82) is 0 Å². The van der Waals surface area contributed by atoms with Gasteiger partial charge >= 0.3 is 6.01 Å². The molecule has 0 saturated heterocycles. The molecule has 0 saturated carbocycles. The fourth-order valence-electron chi connectivity index (χ4n) is 1.66. The van der Waals surface area contributed by atoms with E-state index in [1.165, 1.54) is 0 Å². The molecule has 1 aromatic carbocycles. The molecule has 2 rings (SSSR count). The molecule has 0 radical (unpaired) electrons. The van der Waals surface area contributed by atoms with E-state index in [1.54, 1.807) is 6.07 Å². The summed E-state index contributed by atoms with van der Waals surface area (Å²) in [6.45, 7) is 5.79. The lowest BCUT2D eigenvalue weighted by Gasteiger charge is -2.11. The average Bonchev–Trinajstić information content (AvgIpc) is 2.38. The summed E-state index contributed by atoms with van der Waals surface area (Å²) in [5.41, 5.74) is 1.82. The number of nitrogens with zero attached hydrogens (tertiary/aromatic N) is 2. The topological polar surface area (TPSA) is 56.3 Å². The molecule has 0 aliphatic carbocycles. The highest BCUT2D eigenvalue weighted by Gasteiger charge is 2.07. The van der Waals surface area contributed by atoms with Crippen molar-refractivity contribution in [2.45, 2.75) is 26.9 Å². The number of benzene rings is 1. The zero-order valence-electron chi connectivity index (χ0n) is 12.2. The fraction of sp³-hybridized carbons (Fsp3) is 0.333. The molecule has 0 unspecified atom stereocenters. The predicted octanol–water partition coefficient (Wildman–Crippen LogP) is 3.41. The van der Waals surface area contributed by atoms with Crippen molar-refractivity contribution in [3.8, 4) is 17.6 Å². The summed E-state index contributed by atoms with van der Waals surface area (Å²) in [7, 11) is 1.87. The van der Waals surface area contributed by atoms with E-state index in [0.29, 0.717) is 11.6 Å². The van der Waals surface area contributed by atoms with Crippen LogP contribution in [0, 0.1) is 6.92 Å². The van der Waals surface area contributed by atoms with Gasteiger partial charge in [0.2, 0.25) is 5.88 Å². The van der Waals surface area contributed by atoms with Gasteiger partial charge in [0.15, 0.2) is 0 Å². The Kier molecular flexibility index (Phi) is 4.40. The first-order chi connectivity index (χ1) is 9.56. The van der Waals surface area contributed by atoms with Crippen LogP contribution in [0.3, 0.4) is 0 Å². The summed E-state index contributed by atoms with van der Waals surface area (Å²) >= 11 is 0. The maximum Gasteiger partial charge on any atom is 0.325 e. The molecular formula is C15H19N3O2. The molecule has 20 heavy (non-hydrogen) atoms. The van der Waals surface area contributed by atoms with Gasteiger partial charge in [-0.2, -0.15) is 9.97 Å². The van der Waals surface area contributed by atoms with Crippen molar-refractivity contribution in [3.05, 3.63) is 36.0 Å². The number of hydrogen-bond donors (Lipinski definition) is 1. The highest BCUT2D eigenvalue weighted by atomic mass is 16.5. The van der Waals surface area contributed by atoms with Gasteiger partial charge in [-0.05, 0) is 45.0 Å². The molecule has 0 spiro atoms. The third-order valence-corrected chi connectivity index (χ3v) is 2.52. The third kappa shape index (κ3) is 3.85. The zero-order chi connectivity index (χ0) is 14.5. The van der Waals surface area contributed by atoms with Crippen LogP contribution in [0.2, 0.25) is 0 Å². The maximum atomic E-state index is 5.65. The average molecular weight is 273 g/mol. The second kappa shape index (κ2) is 6.23. The molecule has 1 aromatic heterocycles. The molecule has 1 heterocycles. The second-order valence-corrected chi connectivity index (χ2v) is 4.67. The van der Waals surface area contributed by atoms with Gasteiger partial charge in [0.05, 0.1) is 6.10 Å². The van der Waals surface area contributed by atoms with Gasteiger partial charge in [0, 0.05) is 24.5 Å². The lowest BCUT2D eigenvalue weighted by molar-refractivity contribution is 0.229. The quantitative estimate of drug-likeness (QED) is 0.904. The van der Waals surface area contributed by atoms with Crippen molar-refractivity contribution in [2.24, 2.45) is 0 Å². The van der Waals surface area contributed by atoms with Crippen molar-refractivity contribution in [1.82, 2.24) is 9.97 Å². The Morgan fingerprint density at radius 2 is 1.80 bits per heavy atom. The molecule has 0 bridgehead atoms. The van der Waals surface area contributed by atoms with Crippen LogP contribution in [0.5, 0.6) is 17.6 Å². The Balaban J connectivity index is 2.17. The van der Waals surface area contributed by atoms with Crippen LogP contribution in [-0.2, 0) is 0 Å². The number of rotatable bonds is 5. The number of nitrogens with one attached hydrogen (secondary N) is 1. The Labute approximate surface area is 119 Å². The lowest BCUT2D eigenvalue weighted by Crippen LogP contribution is -2.08. The molecule has 0 aliphatic rings. The third-order valence-electron chi connectivity index (χ3n) is 2.52. The first-order valence-corrected chi connectivity index (χ1v) is 6.55. The van der Waals surface area contributed by atoms with E-state index in [0.717, 1.165) is 11.4 Å². The van der Waals surface area contributed by atoms with Gasteiger partial charge < -0.3 is 14.8 Å². The summed E-state index contributed by atoms with van der Waals surface area (Å²) in [5, 5.41) is 3.05. The van der Waals surface area contributed by atoms with Crippen molar-refractivity contribution in [2.75, 3.05) is 12.4 Å². The largest absolute Gasteiger partial charge is 0.475 e. The normalized spacial score (nSPS) is 10.4. The van der Waals surface area contributed by atoms with Crippen molar-refractivity contribution in [3.63, 3.8) is 0 Å². The van der Waals surface area contributed by atoms with Gasteiger partial charge in [-0.25, -0.2) is 0 Å². The van der Waals surface area contributed by atoms with Gasteiger partial charge in [0.1, 0.15) is 5.75 Å². The van der Waals surface area contributed by atoms with E-state index in [1.807, 2.05) is 52.1 Å². The van der Waals surface area contributed by atoms with Crippen LogP contribution in [0.25, 0.3) is 0 Å². The summed E-state index contributed by atoms with van der Waals surface area (Å²) in [4.78, 5) is 8.49. The minimum absolute atomic E-state index is 0.0621. The lowest BCUT2D eigenvalue weighted by atomic mass is 10.3. The van der Waals surface area contributed by atoms with E-state index < -0.39 is 0 Å². The SMILES string of the molecule is CNc1ccc(Oc2nc(C)cc(OC(C)C)n2)cc1. The second-order valence-electron chi connectivity index (χ2n) is 4.67. The van der Waals surface area contributed by atoms with E-state index in [2.05, 4.69) is 15.3 Å². The van der Waals surface area contributed by atoms with Crippen LogP contribution in [0.4, 0.5) is 5.69 Å². The van der Waals surface area contributed by atoms with E-state index in [9.17, 15) is 0 Å². The van der Waals surface area contributed by atoms with E-state index in [-0.39, 0.29) is 12.1 Å². The van der Waals surface area contributed by atoms with Crippen molar-refractivity contribution >= 4 is 5.69 Å². The summed E-state index contributed by atoms with van der Waals surface area (Å²) in [6.07, 6.45) is 0.0621. The fourth-order valence-corrected chi connectivity index (χ4v) is 1.66. The minimum atomic E-state index is 0.0621. The van der Waals surface area contributed by atoms with Crippen molar-refractivity contribution < 1.29 is 9.47 Å². The molecule has 2 aromatic rings. The van der Waals surface area contributed by atoms with Gasteiger partial charge in [-0.1, -0.05) is 0 Å². The van der Waals surface area contributed by atoms with Gasteiger partial charge in [-0.15, -0.1) is 0 Å².